The molecule has 1 N–H and O–H groups in total. The summed E-state index contributed by atoms with van der Waals surface area (Å²) < 4.78 is 0.527. The number of nitro benzene ring substituents is 1. The Kier molecular flexibility index (Phi) is 5.29. The molecule has 0 saturated carbocycles. The molecule has 0 amide bonds. The average Bonchev–Trinajstić information content (AvgIpc) is 2.30. The van der Waals surface area contributed by atoms with Gasteiger partial charge in [-0.2, -0.15) is 0 Å². The predicted octanol–water partition coefficient (Wildman–Crippen LogP) is 2.97. The maximum atomic E-state index is 10.9. The third-order valence-corrected chi connectivity index (χ3v) is 3.26. The zero-order valence-corrected chi connectivity index (χ0v) is 12.3. The van der Waals surface area contributed by atoms with Crippen LogP contribution in [0.3, 0.4) is 0 Å². The van der Waals surface area contributed by atoms with E-state index in [0.717, 1.165) is 6.42 Å². The van der Waals surface area contributed by atoms with Gasteiger partial charge in [-0.3, -0.25) is 14.9 Å². The number of carboxylic acids is 1. The van der Waals surface area contributed by atoms with Gasteiger partial charge in [0.25, 0.3) is 5.69 Å². The zero-order chi connectivity index (χ0) is 14.6. The maximum Gasteiger partial charge on any atom is 0.323 e. The summed E-state index contributed by atoms with van der Waals surface area (Å²) in [5, 5.41) is 19.7. The molecule has 0 aliphatic carbocycles. The van der Waals surface area contributed by atoms with Crippen molar-refractivity contribution < 1.29 is 14.8 Å². The number of nitro groups is 1. The van der Waals surface area contributed by atoms with Gasteiger partial charge in [0.1, 0.15) is 6.54 Å². The fraction of sp³-hybridized carbons (Fsp3) is 0.417. The molecule has 1 aromatic carbocycles. The molecule has 0 heterocycles. The van der Waals surface area contributed by atoms with Gasteiger partial charge in [0.2, 0.25) is 0 Å². The lowest BCUT2D eigenvalue weighted by atomic mass is 10.1. The highest BCUT2D eigenvalue weighted by atomic mass is 79.9. The van der Waals surface area contributed by atoms with Gasteiger partial charge in [0, 0.05) is 22.6 Å². The first kappa shape index (κ1) is 15.4. The number of anilines is 1. The highest BCUT2D eigenvalue weighted by Gasteiger charge is 2.18. The van der Waals surface area contributed by atoms with Crippen molar-refractivity contribution in [2.24, 2.45) is 0 Å². The van der Waals surface area contributed by atoms with Crippen molar-refractivity contribution in [2.45, 2.75) is 20.3 Å². The Labute approximate surface area is 119 Å². The zero-order valence-electron chi connectivity index (χ0n) is 10.7. The fourth-order valence-corrected chi connectivity index (χ4v) is 2.39. The van der Waals surface area contributed by atoms with E-state index in [2.05, 4.69) is 15.9 Å². The lowest BCUT2D eigenvalue weighted by molar-refractivity contribution is -0.385. The van der Waals surface area contributed by atoms with Crippen molar-refractivity contribution in [2.75, 3.05) is 18.0 Å². The summed E-state index contributed by atoms with van der Waals surface area (Å²) in [6.45, 7) is 4.02. The molecule has 0 radical (unpaired) electrons. The first-order valence-corrected chi connectivity index (χ1v) is 6.57. The molecule has 104 valence electrons. The van der Waals surface area contributed by atoms with Crippen LogP contribution < -0.4 is 4.90 Å². The lowest BCUT2D eigenvalue weighted by Crippen LogP contribution is -2.30. The summed E-state index contributed by atoms with van der Waals surface area (Å²) in [6, 6.07) is 3.05. The van der Waals surface area contributed by atoms with Crippen LogP contribution in [0.2, 0.25) is 0 Å². The molecular formula is C12H15BrN2O4. The van der Waals surface area contributed by atoms with Crippen LogP contribution in [-0.2, 0) is 4.79 Å². The number of hydrogen-bond acceptors (Lipinski definition) is 4. The SMILES string of the molecule is CCCN(CC(=O)O)c1cc(C)c([N+](=O)[O-])cc1Br. The maximum absolute atomic E-state index is 10.9. The summed E-state index contributed by atoms with van der Waals surface area (Å²) in [4.78, 5) is 22.9. The summed E-state index contributed by atoms with van der Waals surface area (Å²) in [5.74, 6) is -0.934. The monoisotopic (exact) mass is 330 g/mol. The Morgan fingerprint density at radius 3 is 2.63 bits per heavy atom. The molecule has 0 aliphatic heterocycles. The molecule has 0 saturated heterocycles. The number of carboxylic acid groups (broad SMARTS) is 1. The van der Waals surface area contributed by atoms with Crippen molar-refractivity contribution in [1.29, 1.82) is 0 Å². The van der Waals surface area contributed by atoms with Gasteiger partial charge in [-0.15, -0.1) is 0 Å². The van der Waals surface area contributed by atoms with Crippen molar-refractivity contribution >= 4 is 33.3 Å². The Morgan fingerprint density at radius 1 is 1.53 bits per heavy atom. The van der Waals surface area contributed by atoms with E-state index >= 15 is 0 Å². The first-order chi connectivity index (χ1) is 8.86. The number of benzene rings is 1. The lowest BCUT2D eigenvalue weighted by Gasteiger charge is -2.23. The first-order valence-electron chi connectivity index (χ1n) is 5.78. The van der Waals surface area contributed by atoms with Crippen LogP contribution in [0.1, 0.15) is 18.9 Å². The minimum absolute atomic E-state index is 0.0161. The minimum atomic E-state index is -0.934. The average molecular weight is 331 g/mol. The van der Waals surface area contributed by atoms with Crippen LogP contribution in [0, 0.1) is 17.0 Å². The van der Waals surface area contributed by atoms with Gasteiger partial charge in [0.05, 0.1) is 10.6 Å². The number of rotatable bonds is 6. The topological polar surface area (TPSA) is 83.7 Å². The standard InChI is InChI=1S/C12H15BrN2O4/c1-3-4-14(7-12(16)17)11-5-8(2)10(15(18)19)6-9(11)13/h5-6H,3-4,7H2,1-2H3,(H,16,17). The number of carbonyl (C=O) groups is 1. The van der Waals surface area contributed by atoms with Crippen molar-refractivity contribution in [3.8, 4) is 0 Å². The summed E-state index contributed by atoms with van der Waals surface area (Å²) in [7, 11) is 0. The molecule has 0 unspecified atom stereocenters. The summed E-state index contributed by atoms with van der Waals surface area (Å²) >= 11 is 3.27. The van der Waals surface area contributed by atoms with E-state index in [-0.39, 0.29) is 12.2 Å². The number of aryl methyl sites for hydroxylation is 1. The molecule has 0 aliphatic rings. The van der Waals surface area contributed by atoms with Gasteiger partial charge in [0.15, 0.2) is 0 Å². The molecule has 6 nitrogen and oxygen atoms in total. The predicted molar refractivity (Wildman–Crippen MR) is 75.7 cm³/mol. The molecular weight excluding hydrogens is 316 g/mol. The molecule has 7 heteroatoms. The molecule has 1 rings (SSSR count). The molecule has 0 fully saturated rings. The van der Waals surface area contributed by atoms with Crippen LogP contribution in [0.15, 0.2) is 16.6 Å². The highest BCUT2D eigenvalue weighted by molar-refractivity contribution is 9.10. The molecule has 0 aromatic heterocycles. The Hall–Kier alpha value is -1.63. The van der Waals surface area contributed by atoms with E-state index in [1.165, 1.54) is 6.07 Å². The van der Waals surface area contributed by atoms with Crippen molar-refractivity contribution in [3.63, 3.8) is 0 Å². The van der Waals surface area contributed by atoms with E-state index in [1.807, 2.05) is 6.92 Å². The van der Waals surface area contributed by atoms with E-state index in [4.69, 9.17) is 5.11 Å². The normalized spacial score (nSPS) is 10.3. The molecule has 19 heavy (non-hydrogen) atoms. The number of nitrogens with zero attached hydrogens (tertiary/aromatic N) is 2. The van der Waals surface area contributed by atoms with Crippen LogP contribution in [0.25, 0.3) is 0 Å². The Bertz CT molecular complexity index is 505. The third kappa shape index (κ3) is 3.92. The van der Waals surface area contributed by atoms with E-state index in [9.17, 15) is 14.9 Å². The fourth-order valence-electron chi connectivity index (χ4n) is 1.81. The van der Waals surface area contributed by atoms with Crippen LogP contribution in [0.5, 0.6) is 0 Å². The second-order valence-corrected chi connectivity index (χ2v) is 5.02. The number of aliphatic carboxylic acids is 1. The Balaban J connectivity index is 3.20. The van der Waals surface area contributed by atoms with Crippen molar-refractivity contribution in [1.82, 2.24) is 0 Å². The van der Waals surface area contributed by atoms with Gasteiger partial charge in [-0.25, -0.2) is 0 Å². The Morgan fingerprint density at radius 2 is 2.16 bits per heavy atom. The smallest absolute Gasteiger partial charge is 0.323 e. The van der Waals surface area contributed by atoms with Gasteiger partial charge >= 0.3 is 5.97 Å². The van der Waals surface area contributed by atoms with Crippen LogP contribution in [-0.4, -0.2) is 29.1 Å². The second-order valence-electron chi connectivity index (χ2n) is 4.16. The molecule has 0 spiro atoms. The number of halogens is 1. The largest absolute Gasteiger partial charge is 0.480 e. The van der Waals surface area contributed by atoms with Gasteiger partial charge in [-0.1, -0.05) is 6.92 Å². The van der Waals surface area contributed by atoms with Crippen molar-refractivity contribution in [3.05, 3.63) is 32.3 Å². The minimum Gasteiger partial charge on any atom is -0.480 e. The van der Waals surface area contributed by atoms with E-state index in [0.29, 0.717) is 22.3 Å². The summed E-state index contributed by atoms with van der Waals surface area (Å²) in [6.07, 6.45) is 0.787. The van der Waals surface area contributed by atoms with Crippen LogP contribution in [0.4, 0.5) is 11.4 Å². The van der Waals surface area contributed by atoms with E-state index in [1.54, 1.807) is 17.9 Å². The van der Waals surface area contributed by atoms with Gasteiger partial charge in [-0.05, 0) is 35.3 Å². The van der Waals surface area contributed by atoms with E-state index < -0.39 is 10.9 Å². The quantitative estimate of drug-likeness (QED) is 0.640. The second kappa shape index (κ2) is 6.51. The molecule has 0 bridgehead atoms. The van der Waals surface area contributed by atoms with Gasteiger partial charge < -0.3 is 10.0 Å². The molecule has 0 atom stereocenters. The summed E-state index contributed by atoms with van der Waals surface area (Å²) in [5.41, 5.74) is 1.18. The number of hydrogen-bond donors (Lipinski definition) is 1. The van der Waals surface area contributed by atoms with Crippen LogP contribution >= 0.6 is 15.9 Å². The molecule has 1 aromatic rings. The third-order valence-electron chi connectivity index (χ3n) is 2.62. The highest BCUT2D eigenvalue weighted by Crippen LogP contribution is 2.33.